The number of esters is 2. The second-order valence-electron chi connectivity index (χ2n) is 4.46. The Morgan fingerprint density at radius 3 is 1.58 bits per heavy atom. The molecule has 0 unspecified atom stereocenters. The molecule has 19 heavy (non-hydrogen) atoms. The quantitative estimate of drug-likeness (QED) is 0.435. The van der Waals surface area contributed by atoms with Gasteiger partial charge >= 0.3 is 11.9 Å². The van der Waals surface area contributed by atoms with Crippen molar-refractivity contribution in [3.63, 3.8) is 0 Å². The van der Waals surface area contributed by atoms with Gasteiger partial charge in [-0.2, -0.15) is 0 Å². The summed E-state index contributed by atoms with van der Waals surface area (Å²) in [4.78, 5) is 22.5. The average Bonchev–Trinajstić information content (AvgIpc) is 2.40. The van der Waals surface area contributed by atoms with Crippen LogP contribution in [0.3, 0.4) is 0 Å². The first-order chi connectivity index (χ1) is 9.20. The van der Waals surface area contributed by atoms with E-state index < -0.39 is 0 Å². The van der Waals surface area contributed by atoms with E-state index in [-0.39, 0.29) is 25.0 Å². The first-order valence-electron chi connectivity index (χ1n) is 7.22. The number of nitrogens with one attached hydrogen (secondary N) is 1. The molecule has 1 N–H and O–H groups in total. The molecule has 0 aliphatic rings. The largest absolute Gasteiger partial charge is 0.465 e. The smallest absolute Gasteiger partial charge is 0.319 e. The highest BCUT2D eigenvalue weighted by atomic mass is 16.5. The zero-order valence-electron chi connectivity index (χ0n) is 12.2. The fourth-order valence-corrected chi connectivity index (χ4v) is 1.44. The molecular weight excluding hydrogens is 246 g/mol. The van der Waals surface area contributed by atoms with Crippen molar-refractivity contribution < 1.29 is 19.1 Å². The van der Waals surface area contributed by atoms with Crippen LogP contribution >= 0.6 is 0 Å². The fourth-order valence-electron chi connectivity index (χ4n) is 1.44. The number of rotatable bonds is 12. The molecule has 0 aromatic rings. The molecule has 0 aromatic heterocycles. The maximum atomic E-state index is 11.3. The van der Waals surface area contributed by atoms with Crippen LogP contribution in [0, 0.1) is 0 Å². The predicted octanol–water partition coefficient (Wildman–Crippen LogP) is 2.04. The van der Waals surface area contributed by atoms with Gasteiger partial charge in [-0.25, -0.2) is 0 Å². The minimum atomic E-state index is -0.324. The summed E-state index contributed by atoms with van der Waals surface area (Å²) < 4.78 is 9.97. The van der Waals surface area contributed by atoms with Crippen molar-refractivity contribution in [2.75, 3.05) is 26.3 Å². The Morgan fingerprint density at radius 2 is 1.21 bits per heavy atom. The highest BCUT2D eigenvalue weighted by molar-refractivity contribution is 5.74. The molecule has 0 heterocycles. The number of carbonyl (C=O) groups excluding carboxylic acids is 2. The minimum absolute atomic E-state index is 0.0518. The predicted molar refractivity (Wildman–Crippen MR) is 73.8 cm³/mol. The zero-order chi connectivity index (χ0) is 14.3. The summed E-state index contributed by atoms with van der Waals surface area (Å²) >= 11 is 0. The van der Waals surface area contributed by atoms with Crippen molar-refractivity contribution >= 4 is 11.9 Å². The van der Waals surface area contributed by atoms with Gasteiger partial charge < -0.3 is 9.47 Å². The van der Waals surface area contributed by atoms with Crippen molar-refractivity contribution in [2.45, 2.75) is 52.4 Å². The van der Waals surface area contributed by atoms with Crippen LogP contribution in [0.4, 0.5) is 0 Å². The molecule has 0 amide bonds. The van der Waals surface area contributed by atoms with Crippen molar-refractivity contribution in [1.29, 1.82) is 0 Å². The van der Waals surface area contributed by atoms with E-state index in [0.29, 0.717) is 13.2 Å². The van der Waals surface area contributed by atoms with Crippen LogP contribution < -0.4 is 5.32 Å². The van der Waals surface area contributed by atoms with Crippen LogP contribution in [0.1, 0.15) is 52.4 Å². The van der Waals surface area contributed by atoms with Crippen molar-refractivity contribution in [3.05, 3.63) is 0 Å². The molecule has 0 rings (SSSR count). The zero-order valence-corrected chi connectivity index (χ0v) is 12.2. The van der Waals surface area contributed by atoms with Crippen LogP contribution in [0.5, 0.6) is 0 Å². The topological polar surface area (TPSA) is 64.6 Å². The van der Waals surface area contributed by atoms with Gasteiger partial charge in [0.05, 0.1) is 26.3 Å². The van der Waals surface area contributed by atoms with Gasteiger partial charge in [0.15, 0.2) is 0 Å². The summed E-state index contributed by atoms with van der Waals surface area (Å²) in [6.45, 7) is 5.20. The lowest BCUT2D eigenvalue weighted by Gasteiger charge is -2.06. The molecule has 0 radical (unpaired) electrons. The third kappa shape index (κ3) is 13.1. The van der Waals surface area contributed by atoms with Gasteiger partial charge in [0.2, 0.25) is 0 Å². The Bertz CT molecular complexity index is 220. The third-order valence-electron chi connectivity index (χ3n) is 2.56. The van der Waals surface area contributed by atoms with E-state index in [1.165, 1.54) is 0 Å². The first kappa shape index (κ1) is 17.9. The van der Waals surface area contributed by atoms with Gasteiger partial charge in [-0.05, 0) is 12.8 Å². The summed E-state index contributed by atoms with van der Waals surface area (Å²) in [5.41, 5.74) is 0. The van der Waals surface area contributed by atoms with E-state index in [2.05, 4.69) is 19.2 Å². The average molecular weight is 273 g/mol. The van der Waals surface area contributed by atoms with Crippen LogP contribution in [-0.2, 0) is 19.1 Å². The minimum Gasteiger partial charge on any atom is -0.465 e. The van der Waals surface area contributed by atoms with Crippen LogP contribution in [0.15, 0.2) is 0 Å². The summed E-state index contributed by atoms with van der Waals surface area (Å²) in [5, 5.41) is 2.72. The van der Waals surface area contributed by atoms with Crippen LogP contribution in [0.2, 0.25) is 0 Å². The maximum absolute atomic E-state index is 11.3. The van der Waals surface area contributed by atoms with E-state index in [1.807, 2.05) is 0 Å². The molecule has 0 aliphatic carbocycles. The highest BCUT2D eigenvalue weighted by Crippen LogP contribution is 1.95. The lowest BCUT2D eigenvalue weighted by molar-refractivity contribution is -0.144. The molecule has 0 aromatic carbocycles. The number of carbonyl (C=O) groups is 2. The molecule has 0 atom stereocenters. The number of hydrogen-bond donors (Lipinski definition) is 1. The first-order valence-corrected chi connectivity index (χ1v) is 7.22. The Balaban J connectivity index is 3.35. The van der Waals surface area contributed by atoms with Crippen LogP contribution in [-0.4, -0.2) is 38.2 Å². The summed E-state index contributed by atoms with van der Waals surface area (Å²) in [7, 11) is 0. The van der Waals surface area contributed by atoms with Crippen molar-refractivity contribution in [2.24, 2.45) is 0 Å². The second-order valence-corrected chi connectivity index (χ2v) is 4.46. The maximum Gasteiger partial charge on any atom is 0.319 e. The molecule has 0 aliphatic heterocycles. The third-order valence-corrected chi connectivity index (χ3v) is 2.56. The standard InChI is InChI=1S/C14H27NO4/c1-3-5-7-9-18-13(16)11-15-12-14(17)19-10-8-6-4-2/h15H,3-12H2,1-2H3. The summed E-state index contributed by atoms with van der Waals surface area (Å²) in [6.07, 6.45) is 6.10. The van der Waals surface area contributed by atoms with E-state index in [0.717, 1.165) is 38.5 Å². The van der Waals surface area contributed by atoms with E-state index >= 15 is 0 Å². The molecule has 0 bridgehead atoms. The lowest BCUT2D eigenvalue weighted by Crippen LogP contribution is -2.31. The van der Waals surface area contributed by atoms with Crippen LogP contribution in [0.25, 0.3) is 0 Å². The SMILES string of the molecule is CCCCCOC(=O)CNCC(=O)OCCCCC. The summed E-state index contributed by atoms with van der Waals surface area (Å²) in [5.74, 6) is -0.648. The Labute approximate surface area is 116 Å². The lowest BCUT2D eigenvalue weighted by atomic mass is 10.3. The number of unbranched alkanes of at least 4 members (excludes halogenated alkanes) is 4. The Kier molecular flexibility index (Phi) is 12.6. The molecule has 0 saturated heterocycles. The summed E-state index contributed by atoms with van der Waals surface area (Å²) in [6, 6.07) is 0. The second kappa shape index (κ2) is 13.3. The van der Waals surface area contributed by atoms with Gasteiger partial charge in [-0.15, -0.1) is 0 Å². The van der Waals surface area contributed by atoms with Gasteiger partial charge in [0.1, 0.15) is 0 Å². The number of hydrogen-bond acceptors (Lipinski definition) is 5. The molecule has 5 nitrogen and oxygen atoms in total. The molecule has 112 valence electrons. The van der Waals surface area contributed by atoms with E-state index in [1.54, 1.807) is 0 Å². The van der Waals surface area contributed by atoms with Gasteiger partial charge in [0, 0.05) is 0 Å². The molecule has 0 spiro atoms. The molecule has 0 saturated carbocycles. The Morgan fingerprint density at radius 1 is 0.789 bits per heavy atom. The van der Waals surface area contributed by atoms with Gasteiger partial charge in [-0.1, -0.05) is 39.5 Å². The number of ether oxygens (including phenoxy) is 2. The monoisotopic (exact) mass is 273 g/mol. The molecular formula is C14H27NO4. The fraction of sp³-hybridized carbons (Fsp3) is 0.857. The molecule has 0 fully saturated rings. The van der Waals surface area contributed by atoms with Gasteiger partial charge in [0.25, 0.3) is 0 Å². The normalized spacial score (nSPS) is 10.2. The van der Waals surface area contributed by atoms with Crippen molar-refractivity contribution in [1.82, 2.24) is 5.32 Å². The Hall–Kier alpha value is -1.10. The van der Waals surface area contributed by atoms with Gasteiger partial charge in [-0.3, -0.25) is 14.9 Å². The highest BCUT2D eigenvalue weighted by Gasteiger charge is 2.05. The molecule has 5 heteroatoms. The van der Waals surface area contributed by atoms with E-state index in [4.69, 9.17) is 9.47 Å². The van der Waals surface area contributed by atoms with E-state index in [9.17, 15) is 9.59 Å². The van der Waals surface area contributed by atoms with Crippen molar-refractivity contribution in [3.8, 4) is 0 Å².